The third kappa shape index (κ3) is 4.60. The van der Waals surface area contributed by atoms with Crippen molar-refractivity contribution in [2.75, 3.05) is 44.7 Å². The first-order valence-corrected chi connectivity index (χ1v) is 12.2. The van der Waals surface area contributed by atoms with Gasteiger partial charge in [0, 0.05) is 24.1 Å². The lowest BCUT2D eigenvalue weighted by Gasteiger charge is -2.26. The predicted octanol–water partition coefficient (Wildman–Crippen LogP) is 4.16. The Hall–Kier alpha value is -4.05. The van der Waals surface area contributed by atoms with Crippen molar-refractivity contribution in [3.63, 3.8) is 0 Å². The van der Waals surface area contributed by atoms with Crippen LogP contribution in [0.1, 0.15) is 24.0 Å². The number of methoxy groups -OCH3 is 3. The molecule has 10 heteroatoms. The third-order valence-corrected chi connectivity index (χ3v) is 6.99. The molecule has 0 saturated carbocycles. The fourth-order valence-electron chi connectivity index (χ4n) is 4.83. The second kappa shape index (κ2) is 10.1. The number of benzene rings is 2. The van der Waals surface area contributed by atoms with Crippen LogP contribution in [0, 0.1) is 13.8 Å². The highest BCUT2D eigenvalue weighted by molar-refractivity contribution is 5.93. The van der Waals surface area contributed by atoms with Crippen molar-refractivity contribution >= 4 is 28.5 Å². The van der Waals surface area contributed by atoms with Crippen molar-refractivity contribution in [2.45, 2.75) is 32.7 Å². The Morgan fingerprint density at radius 3 is 2.49 bits per heavy atom. The van der Waals surface area contributed by atoms with Crippen molar-refractivity contribution in [1.82, 2.24) is 19.5 Å². The largest absolute Gasteiger partial charge is 0.496 e. The van der Waals surface area contributed by atoms with Crippen LogP contribution >= 0.6 is 0 Å². The average molecular weight is 505 g/mol. The molecule has 2 aromatic carbocycles. The normalized spacial score (nSPS) is 15.3. The first-order chi connectivity index (χ1) is 17.9. The Morgan fingerprint density at radius 2 is 1.76 bits per heavy atom. The van der Waals surface area contributed by atoms with E-state index in [1.807, 2.05) is 35.9 Å². The van der Waals surface area contributed by atoms with E-state index in [1.165, 1.54) is 0 Å². The van der Waals surface area contributed by atoms with Gasteiger partial charge in [0.05, 0.1) is 51.4 Å². The number of fused-ring (bicyclic) bond motifs is 1. The predicted molar refractivity (Wildman–Crippen MR) is 143 cm³/mol. The summed E-state index contributed by atoms with van der Waals surface area (Å²) in [6.45, 7) is 4.96. The Balaban J connectivity index is 1.54. The zero-order chi connectivity index (χ0) is 26.1. The molecule has 1 aliphatic rings. The van der Waals surface area contributed by atoms with Gasteiger partial charge in [-0.3, -0.25) is 0 Å². The minimum atomic E-state index is -0.00184. The van der Waals surface area contributed by atoms with Crippen LogP contribution in [0.4, 0.5) is 17.6 Å². The molecule has 0 bridgehead atoms. The number of aliphatic hydroxyl groups excluding tert-OH is 1. The van der Waals surface area contributed by atoms with Crippen LogP contribution in [0.5, 0.6) is 17.2 Å². The van der Waals surface area contributed by atoms with Crippen LogP contribution < -0.4 is 24.4 Å². The summed E-state index contributed by atoms with van der Waals surface area (Å²) >= 11 is 0. The van der Waals surface area contributed by atoms with Crippen LogP contribution in [0.25, 0.3) is 16.6 Å². The fourth-order valence-corrected chi connectivity index (χ4v) is 4.83. The maximum Gasteiger partial charge on any atom is 0.230 e. The summed E-state index contributed by atoms with van der Waals surface area (Å²) in [7, 11) is 4.88. The van der Waals surface area contributed by atoms with Gasteiger partial charge in [-0.25, -0.2) is 9.97 Å². The first kappa shape index (κ1) is 24.6. The molecule has 4 aromatic rings. The number of aromatic nitrogens is 4. The highest BCUT2D eigenvalue weighted by Crippen LogP contribution is 2.38. The van der Waals surface area contributed by atoms with Crippen LogP contribution in [0.15, 0.2) is 36.8 Å². The van der Waals surface area contributed by atoms with Crippen LogP contribution in [0.2, 0.25) is 0 Å². The second-order valence-electron chi connectivity index (χ2n) is 9.15. The first-order valence-electron chi connectivity index (χ1n) is 12.2. The number of rotatable bonds is 8. The minimum absolute atomic E-state index is 0.00184. The SMILES string of the molecule is COc1cc2nc(Nc3cn(-c4cc(C)c(C)c(OC)c4)cn3)nc(N3CCC[C@H]3CO)c2cc1OC. The van der Waals surface area contributed by atoms with Crippen molar-refractivity contribution in [3.05, 3.63) is 47.9 Å². The smallest absolute Gasteiger partial charge is 0.230 e. The lowest BCUT2D eigenvalue weighted by Crippen LogP contribution is -2.33. The highest BCUT2D eigenvalue weighted by Gasteiger charge is 2.28. The van der Waals surface area contributed by atoms with Gasteiger partial charge in [-0.1, -0.05) is 0 Å². The lowest BCUT2D eigenvalue weighted by atomic mass is 10.1. The number of nitrogens with one attached hydrogen (secondary N) is 1. The molecule has 0 spiro atoms. The molecule has 0 aliphatic carbocycles. The summed E-state index contributed by atoms with van der Waals surface area (Å²) in [4.78, 5) is 16.3. The second-order valence-corrected chi connectivity index (χ2v) is 9.15. The monoisotopic (exact) mass is 504 g/mol. The van der Waals surface area contributed by atoms with E-state index >= 15 is 0 Å². The van der Waals surface area contributed by atoms with Gasteiger partial charge in [0.2, 0.25) is 5.95 Å². The molecular formula is C27H32N6O4. The topological polar surface area (TPSA) is 107 Å². The molecule has 1 fully saturated rings. The summed E-state index contributed by atoms with van der Waals surface area (Å²) in [5, 5.41) is 14.1. The number of ether oxygens (including phenoxy) is 3. The molecule has 3 heterocycles. The molecule has 0 amide bonds. The molecular weight excluding hydrogens is 472 g/mol. The molecule has 2 aromatic heterocycles. The number of nitrogens with zero attached hydrogens (tertiary/aromatic N) is 5. The molecule has 1 saturated heterocycles. The third-order valence-electron chi connectivity index (χ3n) is 6.99. The summed E-state index contributed by atoms with van der Waals surface area (Å²) in [6.07, 6.45) is 5.51. The molecule has 0 unspecified atom stereocenters. The highest BCUT2D eigenvalue weighted by atomic mass is 16.5. The van der Waals surface area contributed by atoms with Gasteiger partial charge in [-0.15, -0.1) is 0 Å². The summed E-state index contributed by atoms with van der Waals surface area (Å²) in [6, 6.07) is 7.81. The molecule has 37 heavy (non-hydrogen) atoms. The quantitative estimate of drug-likeness (QED) is 0.366. The van der Waals surface area contributed by atoms with Gasteiger partial charge in [-0.2, -0.15) is 4.98 Å². The lowest BCUT2D eigenvalue weighted by molar-refractivity contribution is 0.266. The Kier molecular flexibility index (Phi) is 6.75. The van der Waals surface area contributed by atoms with Crippen molar-refractivity contribution in [1.29, 1.82) is 0 Å². The molecule has 5 rings (SSSR count). The van der Waals surface area contributed by atoms with Crippen LogP contribution in [0.3, 0.4) is 0 Å². The van der Waals surface area contributed by atoms with E-state index in [0.29, 0.717) is 28.8 Å². The molecule has 10 nitrogen and oxygen atoms in total. The van der Waals surface area contributed by atoms with Crippen LogP contribution in [-0.2, 0) is 0 Å². The maximum absolute atomic E-state index is 9.98. The van der Waals surface area contributed by atoms with Crippen molar-refractivity contribution in [3.8, 4) is 22.9 Å². The summed E-state index contributed by atoms with van der Waals surface area (Å²) in [5.74, 6) is 3.75. The number of hydrogen-bond acceptors (Lipinski definition) is 9. The van der Waals surface area contributed by atoms with Gasteiger partial charge in [-0.05, 0) is 49.9 Å². The van der Waals surface area contributed by atoms with Gasteiger partial charge >= 0.3 is 0 Å². The van der Waals surface area contributed by atoms with E-state index in [-0.39, 0.29) is 12.6 Å². The van der Waals surface area contributed by atoms with E-state index in [1.54, 1.807) is 27.7 Å². The van der Waals surface area contributed by atoms with E-state index < -0.39 is 0 Å². The van der Waals surface area contributed by atoms with Crippen molar-refractivity contribution < 1.29 is 19.3 Å². The zero-order valence-electron chi connectivity index (χ0n) is 21.8. The van der Waals surface area contributed by atoms with E-state index in [0.717, 1.165) is 53.2 Å². The van der Waals surface area contributed by atoms with E-state index in [9.17, 15) is 5.11 Å². The Morgan fingerprint density at radius 1 is 1.00 bits per heavy atom. The summed E-state index contributed by atoms with van der Waals surface area (Å²) < 4.78 is 18.5. The number of imidazole rings is 1. The molecule has 2 N–H and O–H groups in total. The molecule has 0 radical (unpaired) electrons. The minimum Gasteiger partial charge on any atom is -0.496 e. The molecule has 1 atom stereocenters. The number of aryl methyl sites for hydroxylation is 1. The number of aliphatic hydroxyl groups is 1. The molecule has 1 aliphatic heterocycles. The van der Waals surface area contributed by atoms with Crippen molar-refractivity contribution in [2.24, 2.45) is 0 Å². The zero-order valence-corrected chi connectivity index (χ0v) is 21.8. The maximum atomic E-state index is 9.98. The van der Waals surface area contributed by atoms with E-state index in [4.69, 9.17) is 24.2 Å². The van der Waals surface area contributed by atoms with Crippen LogP contribution in [-0.4, -0.2) is 65.1 Å². The Bertz CT molecular complexity index is 1440. The van der Waals surface area contributed by atoms with Gasteiger partial charge in [0.25, 0.3) is 0 Å². The summed E-state index contributed by atoms with van der Waals surface area (Å²) in [5.41, 5.74) is 3.89. The van der Waals surface area contributed by atoms with Gasteiger partial charge < -0.3 is 34.1 Å². The standard InChI is InChI=1S/C27H32N6O4/c1-16-9-19(10-22(35-3)17(16)2)32-13-25(28-15-32)30-27-29-21-12-24(37-5)23(36-4)11-20(21)26(31-27)33-8-6-7-18(33)14-34/h9-13,15,18,34H,6-8,14H2,1-5H3,(H,29,30,31)/t18-/m0/s1. The number of anilines is 3. The number of hydrogen-bond donors (Lipinski definition) is 2. The molecule has 194 valence electrons. The van der Waals surface area contributed by atoms with Gasteiger partial charge in [0.1, 0.15) is 17.9 Å². The average Bonchev–Trinajstić information content (AvgIpc) is 3.58. The van der Waals surface area contributed by atoms with E-state index in [2.05, 4.69) is 28.2 Å². The fraction of sp³-hybridized carbons (Fsp3) is 0.370. The Labute approximate surface area is 215 Å². The van der Waals surface area contributed by atoms with Gasteiger partial charge in [0.15, 0.2) is 17.3 Å².